The number of phosphoric ester groups is 2. The summed E-state index contributed by atoms with van der Waals surface area (Å²) in [5.41, 5.74) is 10.3. The molecule has 3 aliphatic rings. The monoisotopic (exact) mass is 810 g/mol. The van der Waals surface area contributed by atoms with Crippen LogP contribution in [-0.2, 0) is 45.6 Å². The predicted molar refractivity (Wildman–Crippen MR) is 167 cm³/mol. The van der Waals surface area contributed by atoms with Gasteiger partial charge in [0.15, 0.2) is 23.7 Å². The molecular formula is C24H29N8O18P3-2. The molecule has 9 N–H and O–H groups in total. The van der Waals surface area contributed by atoms with Crippen molar-refractivity contribution in [3.63, 3.8) is 0 Å². The fourth-order valence-corrected chi connectivity index (χ4v) is 9.20. The van der Waals surface area contributed by atoms with E-state index in [0.717, 1.165) is 16.6 Å². The lowest BCUT2D eigenvalue weighted by atomic mass is 10.1. The number of rotatable bonds is 13. The number of nitrogens with zero attached hydrogens (tertiary/aromatic N) is 4. The minimum absolute atomic E-state index is 0.0327. The maximum atomic E-state index is 12.4. The first-order valence-corrected chi connectivity index (χ1v) is 19.3. The van der Waals surface area contributed by atoms with Crippen LogP contribution in [0.25, 0.3) is 16.6 Å². The Bertz CT molecular complexity index is 2200. The van der Waals surface area contributed by atoms with Gasteiger partial charge in [-0.1, -0.05) is 0 Å². The van der Waals surface area contributed by atoms with Gasteiger partial charge in [0, 0.05) is 13.3 Å². The molecule has 3 aromatic heterocycles. The highest BCUT2D eigenvalue weighted by molar-refractivity contribution is 7.65. The van der Waals surface area contributed by atoms with E-state index in [1.54, 1.807) is 0 Å². The maximum absolute atomic E-state index is 12.4. The molecule has 0 spiro atoms. The van der Waals surface area contributed by atoms with Crippen molar-refractivity contribution in [3.8, 4) is 0 Å². The molecule has 2 fully saturated rings. The van der Waals surface area contributed by atoms with Gasteiger partial charge in [-0.3, -0.25) is 33.3 Å². The molecule has 0 amide bonds. The van der Waals surface area contributed by atoms with Gasteiger partial charge >= 0.3 is 11.4 Å². The third-order valence-corrected chi connectivity index (χ3v) is 12.2. The van der Waals surface area contributed by atoms with Crippen LogP contribution in [0.3, 0.4) is 0 Å². The second kappa shape index (κ2) is 14.3. The van der Waals surface area contributed by atoms with Crippen LogP contribution in [-0.4, -0.2) is 103 Å². The fraction of sp³-hybridized carbons (Fsp3) is 0.500. The molecule has 0 saturated carbocycles. The normalized spacial score (nSPS) is 30.4. The number of aromatic amines is 2. The van der Waals surface area contributed by atoms with E-state index in [4.69, 9.17) is 25.7 Å². The minimum Gasteiger partial charge on any atom is -0.756 e. The maximum Gasteiger partial charge on any atom is 0.332 e. The fourth-order valence-electron chi connectivity index (χ4n) is 5.82. The lowest BCUT2D eigenvalue weighted by molar-refractivity contribution is -0.252. The Morgan fingerprint density at radius 3 is 2.11 bits per heavy atom. The van der Waals surface area contributed by atoms with Gasteiger partial charge in [0.1, 0.15) is 42.8 Å². The summed E-state index contributed by atoms with van der Waals surface area (Å²) in [4.78, 5) is 75.3. The molecule has 3 aromatic rings. The van der Waals surface area contributed by atoms with Crippen molar-refractivity contribution >= 4 is 57.8 Å². The second-order valence-electron chi connectivity index (χ2n) is 11.6. The van der Waals surface area contributed by atoms with E-state index in [2.05, 4.69) is 43.8 Å². The van der Waals surface area contributed by atoms with Crippen LogP contribution in [0.15, 0.2) is 21.9 Å². The number of methoxy groups -OCH3 is 1. The standard InChI is InChI=1S/C24H31N8O18P3/c1-8-5-32(18-12(8)20(37)30-24(26)28-18)22-15(35)16(44-2)11(48-22)7-46-52(40,41)50-53(42,43)49-51(38,39)45-6-10-13(33)14(34)21(47-10)31-4-3-9-17(31)27-23(25)29-19(9)36/h3-4,10-11,13-16,21-22,33-35H,6-7H2,1-2H3,(H8-,25,26,27,28,29,30,36,37,38,39,40,41,42,43)/p-2/t10-,11-,13+,14?,15?,16?,21-,22-/m1/s1. The number of fused-ring (bicyclic) bond motifs is 2. The van der Waals surface area contributed by atoms with E-state index < -0.39 is 96.9 Å². The highest BCUT2D eigenvalue weighted by atomic mass is 31.3. The number of phosphoric acid groups is 3. The first kappa shape index (κ1) is 39.2. The van der Waals surface area contributed by atoms with E-state index in [-0.39, 0.29) is 34.3 Å². The van der Waals surface area contributed by atoms with Gasteiger partial charge in [-0.15, -0.1) is 9.88 Å². The number of hydrogen-bond donors (Lipinski definition) is 7. The van der Waals surface area contributed by atoms with Crippen LogP contribution in [0.4, 0.5) is 17.7 Å². The number of aromatic nitrogens is 5. The number of ether oxygens (including phenoxy) is 3. The van der Waals surface area contributed by atoms with Gasteiger partial charge in [0.25, 0.3) is 29.0 Å². The summed E-state index contributed by atoms with van der Waals surface area (Å²) in [6.07, 6.45) is -8.41. The van der Waals surface area contributed by atoms with Crippen LogP contribution >= 0.6 is 23.5 Å². The average molecular weight is 810 g/mol. The molecule has 6 unspecified atom stereocenters. The number of allylic oxidation sites excluding steroid dienone is 1. The highest BCUT2D eigenvalue weighted by Crippen LogP contribution is 2.63. The van der Waals surface area contributed by atoms with E-state index >= 15 is 0 Å². The van der Waals surface area contributed by atoms with Crippen molar-refractivity contribution in [2.75, 3.05) is 36.7 Å². The third-order valence-electron chi connectivity index (χ3n) is 8.05. The van der Waals surface area contributed by atoms with Crippen molar-refractivity contribution < 1.29 is 75.6 Å². The molecule has 53 heavy (non-hydrogen) atoms. The third kappa shape index (κ3) is 7.87. The van der Waals surface area contributed by atoms with Crippen LogP contribution in [0, 0.1) is 6.20 Å². The van der Waals surface area contributed by atoms with Gasteiger partial charge in [-0.2, -0.15) is 4.98 Å². The molecule has 0 aliphatic carbocycles. The zero-order valence-corrected chi connectivity index (χ0v) is 29.6. The van der Waals surface area contributed by atoms with E-state index in [0.29, 0.717) is 5.57 Å². The Balaban J connectivity index is 1.05. The molecular weight excluding hydrogens is 781 g/mol. The van der Waals surface area contributed by atoms with Crippen LogP contribution in [0.1, 0.15) is 18.7 Å². The summed E-state index contributed by atoms with van der Waals surface area (Å²) < 4.78 is 71.3. The zero-order valence-electron chi connectivity index (χ0n) is 26.9. The summed E-state index contributed by atoms with van der Waals surface area (Å²) >= 11 is 0. The molecule has 29 heteroatoms. The topological polar surface area (TPSA) is 397 Å². The Morgan fingerprint density at radius 1 is 0.887 bits per heavy atom. The number of H-pyrrole nitrogens is 2. The minimum atomic E-state index is -6.35. The summed E-state index contributed by atoms with van der Waals surface area (Å²) in [7, 11) is -17.2. The number of anilines is 3. The Kier molecular flexibility index (Phi) is 10.6. The number of nitrogens with two attached hydrogens (primary N) is 2. The average Bonchev–Trinajstić information content (AvgIpc) is 3.76. The first-order chi connectivity index (χ1) is 24.7. The molecule has 6 heterocycles. The van der Waals surface area contributed by atoms with Crippen molar-refractivity contribution in [2.45, 2.75) is 56.0 Å². The largest absolute Gasteiger partial charge is 0.756 e. The summed E-state index contributed by atoms with van der Waals surface area (Å²) in [5.74, 6) is -0.596. The quantitative estimate of drug-likeness (QED) is 0.0636. The first-order valence-electron chi connectivity index (χ1n) is 14.9. The lowest BCUT2D eigenvalue weighted by Gasteiger charge is -2.35. The van der Waals surface area contributed by atoms with Gasteiger partial charge in [0.05, 0.1) is 18.6 Å². The van der Waals surface area contributed by atoms with Crippen LogP contribution in [0.2, 0.25) is 0 Å². The van der Waals surface area contributed by atoms with Gasteiger partial charge < -0.3 is 69.3 Å². The number of aliphatic hydroxyl groups excluding tert-OH is 3. The molecule has 0 bridgehead atoms. The van der Waals surface area contributed by atoms with Crippen molar-refractivity contribution in [1.29, 1.82) is 0 Å². The highest BCUT2D eigenvalue weighted by Gasteiger charge is 2.53. The summed E-state index contributed by atoms with van der Waals surface area (Å²) in [6.45, 7) is -0.707. The lowest BCUT2D eigenvalue weighted by Crippen LogP contribution is -2.42. The summed E-state index contributed by atoms with van der Waals surface area (Å²) in [5, 5.41) is 31.9. The van der Waals surface area contributed by atoms with Crippen LogP contribution < -0.4 is 42.2 Å². The number of nitrogen functional groups attached to an aromatic ring is 2. The predicted octanol–water partition coefficient (Wildman–Crippen LogP) is -4.15. The van der Waals surface area contributed by atoms with E-state index in [9.17, 15) is 53.3 Å². The van der Waals surface area contributed by atoms with Gasteiger partial charge in [0.2, 0.25) is 17.5 Å². The molecule has 0 radical (unpaired) electrons. The Morgan fingerprint density at radius 2 is 1.47 bits per heavy atom. The molecule has 26 nitrogen and oxygen atoms in total. The molecule has 2 saturated heterocycles. The van der Waals surface area contributed by atoms with Crippen molar-refractivity contribution in [3.05, 3.63) is 44.7 Å². The van der Waals surface area contributed by atoms with E-state index in [1.807, 2.05) is 0 Å². The van der Waals surface area contributed by atoms with Gasteiger partial charge in [-0.05, 0) is 13.0 Å². The number of nitrogens with one attached hydrogen (secondary N) is 2. The SMILES string of the molecule is COC1C(O)[C@H](N2[C+]=C(C)c3c2nc(N)[nH]c3=O)O[C@@H]1COP(=O)([O-])OP(=O)([O-])OP(=O)([O-])OC[C@H]1O[C@@H](n2ccc3c(=O)[nH]c(N)nc32)C(O)[C@H]1O. The van der Waals surface area contributed by atoms with Crippen molar-refractivity contribution in [2.24, 2.45) is 0 Å². The summed E-state index contributed by atoms with van der Waals surface area (Å²) in [6, 6.07) is 1.30. The molecule has 11 atom stereocenters. The molecule has 290 valence electrons. The van der Waals surface area contributed by atoms with Crippen LogP contribution in [0.5, 0.6) is 0 Å². The number of aliphatic hydroxyl groups is 3. The number of hydrogen-bond acceptors (Lipinski definition) is 23. The zero-order chi connectivity index (χ0) is 38.8. The molecule has 3 aliphatic heterocycles. The molecule has 6 rings (SSSR count). The van der Waals surface area contributed by atoms with Crippen molar-refractivity contribution in [1.82, 2.24) is 24.5 Å². The van der Waals surface area contributed by atoms with E-state index in [1.165, 1.54) is 19.2 Å². The molecule has 0 aromatic carbocycles. The Hall–Kier alpha value is -3.48. The second-order valence-corrected chi connectivity index (χ2v) is 16.1. The smallest absolute Gasteiger partial charge is 0.332 e. The Labute approximate surface area is 295 Å². The van der Waals surface area contributed by atoms with Gasteiger partial charge in [-0.25, -0.2) is 8.62 Å².